The molecule has 0 aromatic heterocycles. The molecule has 2 amide bonds. The number of para-hydroxylation sites is 1. The topological polar surface area (TPSA) is 58.2 Å². The van der Waals surface area contributed by atoms with E-state index in [2.05, 4.69) is 10.6 Å². The number of nitrogens with one attached hydrogen (secondary N) is 2. The normalized spacial score (nSPS) is 9.95. The van der Waals surface area contributed by atoms with E-state index in [1.807, 2.05) is 27.7 Å². The Morgan fingerprint density at radius 1 is 1.16 bits per heavy atom. The molecule has 2 N–H and O–H groups in total. The number of hydrogen-bond donors (Lipinski definition) is 2. The number of hydrogen-bond acceptors (Lipinski definition) is 2. The molecule has 0 aliphatic carbocycles. The molecule has 0 fully saturated rings. The van der Waals surface area contributed by atoms with Gasteiger partial charge in [0, 0.05) is 12.1 Å². The molecule has 0 saturated heterocycles. The van der Waals surface area contributed by atoms with Gasteiger partial charge >= 0.3 is 0 Å². The second kappa shape index (κ2) is 6.73. The Labute approximate surface area is 113 Å². The van der Waals surface area contributed by atoms with Gasteiger partial charge in [-0.1, -0.05) is 17.7 Å². The molecule has 1 aromatic rings. The van der Waals surface area contributed by atoms with Crippen LogP contribution in [-0.2, 0) is 4.79 Å². The maximum absolute atomic E-state index is 12.0. The van der Waals surface area contributed by atoms with Gasteiger partial charge in [-0.15, -0.1) is 0 Å². The largest absolute Gasteiger partial charge is 0.350 e. The van der Waals surface area contributed by atoms with E-state index in [0.717, 1.165) is 5.57 Å². The van der Waals surface area contributed by atoms with Gasteiger partial charge < -0.3 is 10.6 Å². The Balaban J connectivity index is 2.93. The minimum absolute atomic E-state index is 0.0500. The smallest absolute Gasteiger partial charge is 0.253 e. The number of carbonyl (C=O) groups excluding carboxylic acids is 2. The molecular formula is C15H20N2O2. The van der Waals surface area contributed by atoms with E-state index in [1.165, 1.54) is 6.08 Å². The first-order valence-electron chi connectivity index (χ1n) is 6.26. The van der Waals surface area contributed by atoms with Gasteiger partial charge in [-0.2, -0.15) is 0 Å². The lowest BCUT2D eigenvalue weighted by Gasteiger charge is -2.12. The molecular weight excluding hydrogens is 240 g/mol. The summed E-state index contributed by atoms with van der Waals surface area (Å²) in [6.07, 6.45) is 1.50. The van der Waals surface area contributed by atoms with Crippen molar-refractivity contribution in [2.75, 3.05) is 5.32 Å². The van der Waals surface area contributed by atoms with Gasteiger partial charge in [0.1, 0.15) is 0 Å². The Morgan fingerprint density at radius 3 is 2.37 bits per heavy atom. The van der Waals surface area contributed by atoms with Crippen molar-refractivity contribution in [3.05, 3.63) is 41.5 Å². The van der Waals surface area contributed by atoms with Crippen LogP contribution in [0.25, 0.3) is 0 Å². The second-order valence-corrected chi connectivity index (χ2v) is 4.88. The quantitative estimate of drug-likeness (QED) is 0.818. The molecule has 0 bridgehead atoms. The summed E-state index contributed by atoms with van der Waals surface area (Å²) < 4.78 is 0. The van der Waals surface area contributed by atoms with Crippen LogP contribution in [0.15, 0.2) is 35.9 Å². The van der Waals surface area contributed by atoms with Crippen LogP contribution in [0, 0.1) is 0 Å². The summed E-state index contributed by atoms with van der Waals surface area (Å²) in [5.74, 6) is -0.423. The lowest BCUT2D eigenvalue weighted by atomic mass is 10.1. The molecule has 0 spiro atoms. The molecule has 102 valence electrons. The van der Waals surface area contributed by atoms with Crippen LogP contribution < -0.4 is 10.6 Å². The first kappa shape index (κ1) is 15.0. The Kier molecular flexibility index (Phi) is 5.30. The van der Waals surface area contributed by atoms with Crippen LogP contribution in [-0.4, -0.2) is 17.9 Å². The number of amides is 2. The van der Waals surface area contributed by atoms with E-state index in [9.17, 15) is 9.59 Å². The minimum atomic E-state index is -0.232. The SMILES string of the molecule is CC(C)=CC(=O)Nc1ccccc1C(=O)NC(C)C. The highest BCUT2D eigenvalue weighted by molar-refractivity contribution is 6.06. The van der Waals surface area contributed by atoms with Gasteiger partial charge in [-0.25, -0.2) is 0 Å². The maximum Gasteiger partial charge on any atom is 0.253 e. The van der Waals surface area contributed by atoms with Gasteiger partial charge in [-0.05, 0) is 39.8 Å². The van der Waals surface area contributed by atoms with Gasteiger partial charge in [-0.3, -0.25) is 9.59 Å². The lowest BCUT2D eigenvalue weighted by molar-refractivity contribution is -0.111. The van der Waals surface area contributed by atoms with Crippen LogP contribution in [0.5, 0.6) is 0 Å². The van der Waals surface area contributed by atoms with Crippen LogP contribution in [0.1, 0.15) is 38.1 Å². The summed E-state index contributed by atoms with van der Waals surface area (Å²) in [5.41, 5.74) is 1.89. The predicted molar refractivity (Wildman–Crippen MR) is 77.1 cm³/mol. The van der Waals surface area contributed by atoms with E-state index in [1.54, 1.807) is 24.3 Å². The highest BCUT2D eigenvalue weighted by Crippen LogP contribution is 2.15. The molecule has 0 heterocycles. The highest BCUT2D eigenvalue weighted by Gasteiger charge is 2.12. The van der Waals surface area contributed by atoms with Gasteiger partial charge in [0.25, 0.3) is 5.91 Å². The number of allylic oxidation sites excluding steroid dienone is 1. The Bertz CT molecular complexity index is 501. The first-order valence-corrected chi connectivity index (χ1v) is 6.26. The molecule has 1 aromatic carbocycles. The zero-order chi connectivity index (χ0) is 14.4. The van der Waals surface area contributed by atoms with Crippen molar-refractivity contribution < 1.29 is 9.59 Å². The summed E-state index contributed by atoms with van der Waals surface area (Å²) in [4.78, 5) is 23.7. The van der Waals surface area contributed by atoms with Crippen molar-refractivity contribution in [1.82, 2.24) is 5.32 Å². The molecule has 1 rings (SSSR count). The zero-order valence-electron chi connectivity index (χ0n) is 11.8. The van der Waals surface area contributed by atoms with E-state index in [-0.39, 0.29) is 17.9 Å². The minimum Gasteiger partial charge on any atom is -0.350 e. The molecule has 0 atom stereocenters. The summed E-state index contributed by atoms with van der Waals surface area (Å²) in [6, 6.07) is 7.01. The second-order valence-electron chi connectivity index (χ2n) is 4.88. The molecule has 4 heteroatoms. The van der Waals surface area contributed by atoms with E-state index >= 15 is 0 Å². The van der Waals surface area contributed by atoms with Crippen molar-refractivity contribution in [1.29, 1.82) is 0 Å². The molecule has 19 heavy (non-hydrogen) atoms. The van der Waals surface area contributed by atoms with Crippen LogP contribution in [0.4, 0.5) is 5.69 Å². The lowest BCUT2D eigenvalue weighted by Crippen LogP contribution is -2.30. The number of anilines is 1. The van der Waals surface area contributed by atoms with Crippen molar-refractivity contribution in [2.45, 2.75) is 33.7 Å². The van der Waals surface area contributed by atoms with Gasteiger partial charge in [0.15, 0.2) is 0 Å². The predicted octanol–water partition coefficient (Wildman–Crippen LogP) is 2.73. The van der Waals surface area contributed by atoms with E-state index in [4.69, 9.17) is 0 Å². The van der Waals surface area contributed by atoms with Crippen LogP contribution in [0.3, 0.4) is 0 Å². The van der Waals surface area contributed by atoms with Crippen molar-refractivity contribution in [3.63, 3.8) is 0 Å². The van der Waals surface area contributed by atoms with Crippen molar-refractivity contribution in [2.24, 2.45) is 0 Å². The molecule has 0 aliphatic heterocycles. The summed E-state index contributed by atoms with van der Waals surface area (Å²) >= 11 is 0. The fourth-order valence-corrected chi connectivity index (χ4v) is 1.56. The summed E-state index contributed by atoms with van der Waals surface area (Å²) in [5, 5.41) is 5.53. The summed E-state index contributed by atoms with van der Waals surface area (Å²) in [6.45, 7) is 7.47. The Morgan fingerprint density at radius 2 is 1.79 bits per heavy atom. The van der Waals surface area contributed by atoms with Crippen molar-refractivity contribution >= 4 is 17.5 Å². The van der Waals surface area contributed by atoms with Crippen molar-refractivity contribution in [3.8, 4) is 0 Å². The van der Waals surface area contributed by atoms with Crippen LogP contribution in [0.2, 0.25) is 0 Å². The average Bonchev–Trinajstić information content (AvgIpc) is 2.27. The van der Waals surface area contributed by atoms with E-state index < -0.39 is 0 Å². The number of benzene rings is 1. The molecule has 0 radical (unpaired) electrons. The third-order valence-corrected chi connectivity index (χ3v) is 2.27. The highest BCUT2D eigenvalue weighted by atomic mass is 16.2. The molecule has 0 saturated carbocycles. The summed E-state index contributed by atoms with van der Waals surface area (Å²) in [7, 11) is 0. The molecule has 4 nitrogen and oxygen atoms in total. The molecule has 0 unspecified atom stereocenters. The fraction of sp³-hybridized carbons (Fsp3) is 0.333. The maximum atomic E-state index is 12.0. The zero-order valence-corrected chi connectivity index (χ0v) is 11.8. The number of rotatable bonds is 4. The fourth-order valence-electron chi connectivity index (χ4n) is 1.56. The monoisotopic (exact) mass is 260 g/mol. The average molecular weight is 260 g/mol. The standard InChI is InChI=1S/C15H20N2O2/c1-10(2)9-14(18)17-13-8-6-5-7-12(13)15(19)16-11(3)4/h5-9,11H,1-4H3,(H,16,19)(H,17,18). The van der Waals surface area contributed by atoms with Gasteiger partial charge in [0.05, 0.1) is 11.3 Å². The molecule has 0 aliphatic rings. The number of carbonyl (C=O) groups is 2. The van der Waals surface area contributed by atoms with Crippen LogP contribution >= 0.6 is 0 Å². The first-order chi connectivity index (χ1) is 8.90. The third kappa shape index (κ3) is 4.95. The van der Waals surface area contributed by atoms with Gasteiger partial charge in [0.2, 0.25) is 5.91 Å². The Hall–Kier alpha value is -2.10. The van der Waals surface area contributed by atoms with E-state index in [0.29, 0.717) is 11.3 Å². The third-order valence-electron chi connectivity index (χ3n) is 2.27.